The molecule has 148 valence electrons. The standard InChI is InChI=1S/C20H24N4O4/c1-14(2)18(23-20(26)22-13-15-6-4-3-5-7-15)19(25)21-12-16-8-10-17(11-9-16)24(27)28/h3-11,14,18H,12-13H2,1-2H3,(H,21,25)(H2,22,23,26). The number of rotatable bonds is 8. The van der Waals surface area contributed by atoms with Crippen molar-refractivity contribution >= 4 is 17.6 Å². The maximum absolute atomic E-state index is 12.5. The first-order valence-corrected chi connectivity index (χ1v) is 8.96. The molecule has 8 nitrogen and oxygen atoms in total. The largest absolute Gasteiger partial charge is 0.350 e. The summed E-state index contributed by atoms with van der Waals surface area (Å²) in [5, 5.41) is 18.9. The minimum absolute atomic E-state index is 0.00751. The number of carbonyl (C=O) groups is 2. The van der Waals surface area contributed by atoms with Gasteiger partial charge in [-0.05, 0) is 17.0 Å². The van der Waals surface area contributed by atoms with Gasteiger partial charge in [0.1, 0.15) is 6.04 Å². The molecule has 0 bridgehead atoms. The summed E-state index contributed by atoms with van der Waals surface area (Å²) in [7, 11) is 0. The number of non-ortho nitro benzene ring substituents is 1. The Morgan fingerprint density at radius 2 is 1.50 bits per heavy atom. The van der Waals surface area contributed by atoms with Crippen LogP contribution in [0.1, 0.15) is 25.0 Å². The van der Waals surface area contributed by atoms with E-state index in [2.05, 4.69) is 16.0 Å². The fourth-order valence-corrected chi connectivity index (χ4v) is 2.54. The fraction of sp³-hybridized carbons (Fsp3) is 0.300. The van der Waals surface area contributed by atoms with Gasteiger partial charge in [-0.3, -0.25) is 14.9 Å². The quantitative estimate of drug-likeness (QED) is 0.480. The third kappa shape index (κ3) is 6.39. The van der Waals surface area contributed by atoms with Crippen molar-refractivity contribution in [3.63, 3.8) is 0 Å². The molecule has 0 saturated heterocycles. The van der Waals surface area contributed by atoms with Gasteiger partial charge >= 0.3 is 6.03 Å². The fourth-order valence-electron chi connectivity index (χ4n) is 2.54. The van der Waals surface area contributed by atoms with Crippen LogP contribution in [0.15, 0.2) is 54.6 Å². The topological polar surface area (TPSA) is 113 Å². The van der Waals surface area contributed by atoms with Gasteiger partial charge in [-0.1, -0.05) is 56.3 Å². The molecular weight excluding hydrogens is 360 g/mol. The number of hydrogen-bond acceptors (Lipinski definition) is 4. The number of hydrogen-bond donors (Lipinski definition) is 3. The van der Waals surface area contributed by atoms with Gasteiger partial charge < -0.3 is 16.0 Å². The molecule has 2 rings (SSSR count). The molecule has 0 aromatic heterocycles. The normalized spacial score (nSPS) is 11.5. The average Bonchev–Trinajstić information content (AvgIpc) is 2.69. The number of urea groups is 1. The van der Waals surface area contributed by atoms with Crippen molar-refractivity contribution in [3.05, 3.63) is 75.8 Å². The lowest BCUT2D eigenvalue weighted by Crippen LogP contribution is -2.52. The van der Waals surface area contributed by atoms with E-state index in [1.165, 1.54) is 12.1 Å². The molecule has 0 aliphatic heterocycles. The summed E-state index contributed by atoms with van der Waals surface area (Å²) in [6.07, 6.45) is 0. The minimum Gasteiger partial charge on any atom is -0.350 e. The van der Waals surface area contributed by atoms with E-state index in [0.717, 1.165) is 11.1 Å². The predicted octanol–water partition coefficient (Wildman–Crippen LogP) is 2.74. The second-order valence-corrected chi connectivity index (χ2v) is 6.68. The number of carbonyl (C=O) groups excluding carboxylic acids is 2. The van der Waals surface area contributed by atoms with Gasteiger partial charge in [0.2, 0.25) is 5.91 Å². The Morgan fingerprint density at radius 1 is 0.929 bits per heavy atom. The first kappa shape index (κ1) is 20.9. The van der Waals surface area contributed by atoms with Gasteiger partial charge in [0, 0.05) is 25.2 Å². The zero-order valence-corrected chi connectivity index (χ0v) is 15.8. The molecule has 2 aromatic carbocycles. The number of nitro groups is 1. The van der Waals surface area contributed by atoms with Crippen LogP contribution in [0.2, 0.25) is 0 Å². The van der Waals surface area contributed by atoms with Crippen molar-refractivity contribution in [3.8, 4) is 0 Å². The highest BCUT2D eigenvalue weighted by Gasteiger charge is 2.23. The van der Waals surface area contributed by atoms with Gasteiger partial charge in [-0.2, -0.15) is 0 Å². The van der Waals surface area contributed by atoms with E-state index < -0.39 is 17.0 Å². The highest BCUT2D eigenvalue weighted by atomic mass is 16.6. The van der Waals surface area contributed by atoms with Crippen LogP contribution >= 0.6 is 0 Å². The van der Waals surface area contributed by atoms with Crippen LogP contribution in [0.3, 0.4) is 0 Å². The summed E-state index contributed by atoms with van der Waals surface area (Å²) >= 11 is 0. The van der Waals surface area contributed by atoms with Crippen molar-refractivity contribution < 1.29 is 14.5 Å². The van der Waals surface area contributed by atoms with Gasteiger partial charge in [-0.15, -0.1) is 0 Å². The number of amides is 3. The molecule has 1 unspecified atom stereocenters. The average molecular weight is 384 g/mol. The zero-order chi connectivity index (χ0) is 20.5. The van der Waals surface area contributed by atoms with E-state index in [-0.39, 0.29) is 24.1 Å². The zero-order valence-electron chi connectivity index (χ0n) is 15.8. The first-order valence-electron chi connectivity index (χ1n) is 8.96. The number of benzene rings is 2. The van der Waals surface area contributed by atoms with E-state index in [9.17, 15) is 19.7 Å². The van der Waals surface area contributed by atoms with Crippen LogP contribution in [-0.4, -0.2) is 22.9 Å². The van der Waals surface area contributed by atoms with Crippen molar-refractivity contribution in [2.24, 2.45) is 5.92 Å². The van der Waals surface area contributed by atoms with Crippen LogP contribution in [0.4, 0.5) is 10.5 Å². The Kier molecular flexibility index (Phi) is 7.50. The maximum Gasteiger partial charge on any atom is 0.315 e. The Hall–Kier alpha value is -3.42. The van der Waals surface area contributed by atoms with Crippen LogP contribution in [0.5, 0.6) is 0 Å². The van der Waals surface area contributed by atoms with Crippen molar-refractivity contribution in [2.75, 3.05) is 0 Å². The minimum atomic E-state index is -0.700. The molecule has 0 fully saturated rings. The third-order valence-corrected chi connectivity index (χ3v) is 4.15. The summed E-state index contributed by atoms with van der Waals surface area (Å²) in [6, 6.07) is 14.3. The lowest BCUT2D eigenvalue weighted by atomic mass is 10.0. The van der Waals surface area contributed by atoms with Crippen LogP contribution < -0.4 is 16.0 Å². The highest BCUT2D eigenvalue weighted by molar-refractivity contribution is 5.87. The number of nitro benzene ring substituents is 1. The monoisotopic (exact) mass is 384 g/mol. The molecule has 0 radical (unpaired) electrons. The number of nitrogens with zero attached hydrogens (tertiary/aromatic N) is 1. The van der Waals surface area contributed by atoms with Crippen molar-refractivity contribution in [1.29, 1.82) is 0 Å². The molecule has 0 aliphatic rings. The second-order valence-electron chi connectivity index (χ2n) is 6.68. The second kappa shape index (κ2) is 10.1. The highest BCUT2D eigenvalue weighted by Crippen LogP contribution is 2.12. The van der Waals surface area contributed by atoms with Crippen molar-refractivity contribution in [2.45, 2.75) is 33.0 Å². The summed E-state index contributed by atoms with van der Waals surface area (Å²) < 4.78 is 0. The first-order chi connectivity index (χ1) is 13.4. The molecule has 0 heterocycles. The summed E-state index contributed by atoms with van der Waals surface area (Å²) in [5.74, 6) is -0.428. The molecule has 3 N–H and O–H groups in total. The van der Waals surface area contributed by atoms with Gasteiger partial charge in [0.05, 0.1) is 4.92 Å². The van der Waals surface area contributed by atoms with Crippen molar-refractivity contribution in [1.82, 2.24) is 16.0 Å². The molecule has 2 aromatic rings. The molecule has 0 saturated carbocycles. The SMILES string of the molecule is CC(C)C(NC(=O)NCc1ccccc1)C(=O)NCc1ccc([N+](=O)[O-])cc1. The van der Waals surface area contributed by atoms with Gasteiger partial charge in [0.25, 0.3) is 5.69 Å². The van der Waals surface area contributed by atoms with Crippen LogP contribution in [0, 0.1) is 16.0 Å². The Morgan fingerprint density at radius 3 is 2.07 bits per heavy atom. The maximum atomic E-state index is 12.5. The lowest BCUT2D eigenvalue weighted by molar-refractivity contribution is -0.384. The lowest BCUT2D eigenvalue weighted by Gasteiger charge is -2.22. The predicted molar refractivity (Wildman–Crippen MR) is 105 cm³/mol. The molecule has 3 amide bonds. The third-order valence-electron chi connectivity index (χ3n) is 4.15. The molecule has 28 heavy (non-hydrogen) atoms. The van der Waals surface area contributed by atoms with E-state index >= 15 is 0 Å². The Labute approximate surface area is 163 Å². The van der Waals surface area contributed by atoms with E-state index in [1.807, 2.05) is 44.2 Å². The molecule has 8 heteroatoms. The van der Waals surface area contributed by atoms with E-state index in [4.69, 9.17) is 0 Å². The molecule has 0 aliphatic carbocycles. The van der Waals surface area contributed by atoms with Crippen LogP contribution in [0.25, 0.3) is 0 Å². The van der Waals surface area contributed by atoms with Crippen LogP contribution in [-0.2, 0) is 17.9 Å². The summed E-state index contributed by atoms with van der Waals surface area (Å²) in [5.41, 5.74) is 1.68. The Balaban J connectivity index is 1.86. The molecule has 0 spiro atoms. The van der Waals surface area contributed by atoms with E-state index in [1.54, 1.807) is 12.1 Å². The smallest absolute Gasteiger partial charge is 0.315 e. The molecular formula is C20H24N4O4. The molecule has 1 atom stereocenters. The summed E-state index contributed by atoms with van der Waals surface area (Å²) in [4.78, 5) is 34.8. The van der Waals surface area contributed by atoms with Gasteiger partial charge in [-0.25, -0.2) is 4.79 Å². The number of nitrogens with one attached hydrogen (secondary N) is 3. The Bertz CT molecular complexity index is 807. The van der Waals surface area contributed by atoms with Gasteiger partial charge in [0.15, 0.2) is 0 Å². The summed E-state index contributed by atoms with van der Waals surface area (Å²) in [6.45, 7) is 4.26. The van der Waals surface area contributed by atoms with E-state index in [0.29, 0.717) is 6.54 Å².